The summed E-state index contributed by atoms with van der Waals surface area (Å²) in [7, 11) is 0. The van der Waals surface area contributed by atoms with Crippen LogP contribution in [0.1, 0.15) is 220 Å². The average molecular weight is 913 g/mol. The van der Waals surface area contributed by atoms with Crippen LogP contribution < -0.4 is 0 Å². The molecule has 1 unspecified atom stereocenters. The second-order valence-corrected chi connectivity index (χ2v) is 17.1. The number of ether oxygens (including phenoxy) is 3. The van der Waals surface area contributed by atoms with Gasteiger partial charge in [-0.3, -0.25) is 14.4 Å². The summed E-state index contributed by atoms with van der Waals surface area (Å²) < 4.78 is 16.8. The Balaban J connectivity index is 4.47. The first-order valence-corrected chi connectivity index (χ1v) is 26.6. The van der Waals surface area contributed by atoms with Crippen LogP contribution in [-0.2, 0) is 28.6 Å². The second-order valence-electron chi connectivity index (χ2n) is 17.1. The molecule has 6 nitrogen and oxygen atoms in total. The van der Waals surface area contributed by atoms with Gasteiger partial charge in [0.2, 0.25) is 0 Å². The summed E-state index contributed by atoms with van der Waals surface area (Å²) in [5.41, 5.74) is 0. The highest BCUT2D eigenvalue weighted by Gasteiger charge is 2.19. The molecule has 0 bridgehead atoms. The fraction of sp³-hybridized carbons (Fsp3) is 0.617. The first-order chi connectivity index (χ1) is 32.5. The Morgan fingerprint density at radius 1 is 0.318 bits per heavy atom. The SMILES string of the molecule is CC\C=C/C=C\C=C/C=C\CCCCCCCC(=O)OC(COC(=O)CCCCCCCC/C=C\C/C=C\C/C=C\C/C=C\CC)COC(=O)CCCCCCCCC/C=C\C/C=C\CC. The van der Waals surface area contributed by atoms with Crippen molar-refractivity contribution < 1.29 is 28.6 Å². The van der Waals surface area contributed by atoms with Gasteiger partial charge in [0.05, 0.1) is 0 Å². The monoisotopic (exact) mass is 913 g/mol. The van der Waals surface area contributed by atoms with Gasteiger partial charge in [0.25, 0.3) is 0 Å². The molecule has 0 spiro atoms. The summed E-state index contributed by atoms with van der Waals surface area (Å²) >= 11 is 0. The third kappa shape index (κ3) is 50.8. The fourth-order valence-corrected chi connectivity index (χ4v) is 6.89. The molecule has 6 heteroatoms. The molecule has 0 rings (SSSR count). The molecule has 0 aliphatic rings. The molecule has 0 amide bonds. The van der Waals surface area contributed by atoms with E-state index in [0.717, 1.165) is 141 Å². The van der Waals surface area contributed by atoms with Crippen molar-refractivity contribution in [2.75, 3.05) is 13.2 Å². The Hall–Kier alpha value is -4.19. The van der Waals surface area contributed by atoms with Gasteiger partial charge in [-0.2, -0.15) is 0 Å². The summed E-state index contributed by atoms with van der Waals surface area (Å²) in [6, 6.07) is 0. The zero-order valence-electron chi connectivity index (χ0n) is 42.4. The van der Waals surface area contributed by atoms with Crippen molar-refractivity contribution >= 4 is 17.9 Å². The Bertz CT molecular complexity index is 1420. The fourth-order valence-electron chi connectivity index (χ4n) is 6.89. The van der Waals surface area contributed by atoms with E-state index in [0.29, 0.717) is 19.3 Å². The summed E-state index contributed by atoms with van der Waals surface area (Å²) in [4.78, 5) is 38.1. The molecule has 0 saturated heterocycles. The van der Waals surface area contributed by atoms with Crippen molar-refractivity contribution in [2.45, 2.75) is 226 Å². The predicted molar refractivity (Wildman–Crippen MR) is 283 cm³/mol. The summed E-state index contributed by atoms with van der Waals surface area (Å²) in [6.07, 6.45) is 73.2. The normalized spacial score (nSPS) is 13.1. The molecular weight excluding hydrogens is 817 g/mol. The highest BCUT2D eigenvalue weighted by molar-refractivity contribution is 5.71. The predicted octanol–water partition coefficient (Wildman–Crippen LogP) is 17.7. The van der Waals surface area contributed by atoms with Crippen LogP contribution in [0.25, 0.3) is 0 Å². The number of unbranched alkanes of at least 4 members (excludes halogenated alkanes) is 18. The lowest BCUT2D eigenvalue weighted by atomic mass is 10.1. The summed E-state index contributed by atoms with van der Waals surface area (Å²) in [5, 5.41) is 0. The number of esters is 3. The maximum absolute atomic E-state index is 12.8. The Kier molecular flexibility index (Phi) is 50.0. The Morgan fingerprint density at radius 2 is 0.621 bits per heavy atom. The van der Waals surface area contributed by atoms with Crippen LogP contribution in [0.5, 0.6) is 0 Å². The van der Waals surface area contributed by atoms with Gasteiger partial charge in [-0.15, -0.1) is 0 Å². The summed E-state index contributed by atoms with van der Waals surface area (Å²) in [5.74, 6) is -0.951. The first kappa shape index (κ1) is 61.8. The van der Waals surface area contributed by atoms with Crippen LogP contribution in [0.2, 0.25) is 0 Å². The van der Waals surface area contributed by atoms with Crippen LogP contribution in [0.3, 0.4) is 0 Å². The van der Waals surface area contributed by atoms with E-state index in [-0.39, 0.29) is 31.1 Å². The van der Waals surface area contributed by atoms with Crippen molar-refractivity contribution in [1.29, 1.82) is 0 Å². The van der Waals surface area contributed by atoms with E-state index >= 15 is 0 Å². The van der Waals surface area contributed by atoms with Crippen LogP contribution in [0.4, 0.5) is 0 Å². The van der Waals surface area contributed by atoms with Crippen molar-refractivity contribution in [3.05, 3.63) is 122 Å². The number of hydrogen-bond donors (Lipinski definition) is 0. The number of carbonyl (C=O) groups excluding carboxylic acids is 3. The van der Waals surface area contributed by atoms with Crippen LogP contribution in [0.15, 0.2) is 122 Å². The van der Waals surface area contributed by atoms with Gasteiger partial charge < -0.3 is 14.2 Å². The van der Waals surface area contributed by atoms with E-state index in [2.05, 4.69) is 118 Å². The highest BCUT2D eigenvalue weighted by Crippen LogP contribution is 2.14. The lowest BCUT2D eigenvalue weighted by molar-refractivity contribution is -0.167. The van der Waals surface area contributed by atoms with E-state index < -0.39 is 6.10 Å². The molecule has 1 atom stereocenters. The van der Waals surface area contributed by atoms with Gasteiger partial charge in [0.1, 0.15) is 13.2 Å². The Labute approximate surface area is 405 Å². The van der Waals surface area contributed by atoms with Crippen LogP contribution >= 0.6 is 0 Å². The molecule has 0 aromatic rings. The molecule has 0 aliphatic carbocycles. The molecule has 0 fully saturated rings. The minimum Gasteiger partial charge on any atom is -0.462 e. The topological polar surface area (TPSA) is 78.9 Å². The second kappa shape index (κ2) is 53.4. The maximum atomic E-state index is 12.8. The molecule has 0 aromatic carbocycles. The van der Waals surface area contributed by atoms with E-state index in [1.54, 1.807) is 0 Å². The van der Waals surface area contributed by atoms with Gasteiger partial charge in [0, 0.05) is 19.3 Å². The van der Waals surface area contributed by atoms with Gasteiger partial charge in [-0.05, 0) is 103 Å². The molecule has 0 heterocycles. The molecule has 0 aliphatic heterocycles. The largest absolute Gasteiger partial charge is 0.462 e. The van der Waals surface area contributed by atoms with Crippen molar-refractivity contribution in [1.82, 2.24) is 0 Å². The number of carbonyl (C=O) groups is 3. The van der Waals surface area contributed by atoms with E-state index in [4.69, 9.17) is 14.2 Å². The van der Waals surface area contributed by atoms with Crippen LogP contribution in [0, 0.1) is 0 Å². The third-order valence-corrected chi connectivity index (χ3v) is 10.8. The van der Waals surface area contributed by atoms with E-state index in [1.165, 1.54) is 38.5 Å². The molecule has 0 aromatic heterocycles. The van der Waals surface area contributed by atoms with Crippen molar-refractivity contribution in [3.8, 4) is 0 Å². The third-order valence-electron chi connectivity index (χ3n) is 10.8. The minimum atomic E-state index is -0.803. The zero-order valence-corrected chi connectivity index (χ0v) is 42.4. The molecule has 372 valence electrons. The average Bonchev–Trinajstić information content (AvgIpc) is 3.31. The highest BCUT2D eigenvalue weighted by atomic mass is 16.6. The number of rotatable bonds is 46. The standard InChI is InChI=1S/C60H96O6/c1-4-7-10-13-16-19-22-25-28-29-30-31-33-35-38-41-44-47-50-53-59(62)65-56-57(55-64-58(61)52-49-46-43-40-37-34-27-24-21-18-15-12-9-6-3)66-60(63)54-51-48-45-42-39-36-32-26-23-20-17-14-11-8-5-2/h7-12,14,16-21,23,25-26,28,30-32,57H,4-6,13,15,22,24,27,29,33-56H2,1-3H3/b10-7-,11-8-,12-9-,17-14-,19-16-,21-18-,23-20-,28-25-,31-30-,32-26-. The quantitative estimate of drug-likeness (QED) is 0.0199. The number of hydrogen-bond acceptors (Lipinski definition) is 6. The minimum absolute atomic E-state index is 0.100. The molecule has 0 radical (unpaired) electrons. The zero-order chi connectivity index (χ0) is 47.9. The summed E-state index contributed by atoms with van der Waals surface area (Å²) in [6.45, 7) is 6.23. The molecular formula is C60H96O6. The van der Waals surface area contributed by atoms with Gasteiger partial charge >= 0.3 is 17.9 Å². The number of allylic oxidation sites excluding steroid dienone is 20. The lowest BCUT2D eigenvalue weighted by Gasteiger charge is -2.18. The maximum Gasteiger partial charge on any atom is 0.306 e. The molecule has 0 N–H and O–H groups in total. The van der Waals surface area contributed by atoms with Crippen molar-refractivity contribution in [2.24, 2.45) is 0 Å². The lowest BCUT2D eigenvalue weighted by Crippen LogP contribution is -2.30. The van der Waals surface area contributed by atoms with Crippen LogP contribution in [-0.4, -0.2) is 37.2 Å². The van der Waals surface area contributed by atoms with Gasteiger partial charge in [0.15, 0.2) is 6.10 Å². The molecule has 66 heavy (non-hydrogen) atoms. The first-order valence-electron chi connectivity index (χ1n) is 26.6. The molecule has 0 saturated carbocycles. The van der Waals surface area contributed by atoms with Crippen molar-refractivity contribution in [3.63, 3.8) is 0 Å². The Morgan fingerprint density at radius 3 is 1.03 bits per heavy atom. The van der Waals surface area contributed by atoms with Gasteiger partial charge in [-0.1, -0.05) is 219 Å². The smallest absolute Gasteiger partial charge is 0.306 e. The van der Waals surface area contributed by atoms with E-state index in [9.17, 15) is 14.4 Å². The van der Waals surface area contributed by atoms with E-state index in [1.807, 2.05) is 24.3 Å². The van der Waals surface area contributed by atoms with Gasteiger partial charge in [-0.25, -0.2) is 0 Å².